The average molecular weight is 1030 g/mol. The van der Waals surface area contributed by atoms with E-state index >= 15 is 0 Å². The summed E-state index contributed by atoms with van der Waals surface area (Å²) in [6.07, 6.45) is 3.82. The molecule has 4 heterocycles. The first kappa shape index (κ1) is 49.2. The first-order valence-corrected chi connectivity index (χ1v) is 25.2. The molecule has 13 heteroatoms. The molecule has 0 amide bonds. The minimum Gasteiger partial charge on any atom is -0.508 e. The zero-order valence-electron chi connectivity index (χ0n) is 41.0. The lowest BCUT2D eigenvalue weighted by atomic mass is 9.77. The van der Waals surface area contributed by atoms with Crippen LogP contribution in [0.5, 0.6) is 23.0 Å². The summed E-state index contributed by atoms with van der Waals surface area (Å²) in [5.74, 6) is 2.53. The Kier molecular flexibility index (Phi) is 12.8. The van der Waals surface area contributed by atoms with Crippen LogP contribution in [-0.4, -0.2) is 54.3 Å². The number of likely N-dealkylation sites (N-methyl/N-ethyl adjacent to an activating group) is 2. The Morgan fingerprint density at radius 2 is 1.01 bits per heavy atom. The number of hydrogen-bond acceptors (Lipinski definition) is 10. The Morgan fingerprint density at radius 1 is 0.575 bits per heavy atom. The summed E-state index contributed by atoms with van der Waals surface area (Å²) in [5, 5.41) is 13.2. The van der Waals surface area contributed by atoms with Crippen molar-refractivity contribution in [2.45, 2.75) is 61.7 Å². The lowest BCUT2D eigenvalue weighted by Crippen LogP contribution is -2.61. The predicted octanol–water partition coefficient (Wildman–Crippen LogP) is 14.6. The molecular formula is C60H51Cl3N4O6. The number of alkyl halides is 2. The quantitative estimate of drug-likeness (QED) is 0.0785. The molecule has 0 saturated heterocycles. The van der Waals surface area contributed by atoms with Gasteiger partial charge in [0, 0.05) is 53.6 Å². The highest BCUT2D eigenvalue weighted by Gasteiger charge is 2.59. The van der Waals surface area contributed by atoms with E-state index in [1.165, 1.54) is 11.1 Å². The van der Waals surface area contributed by atoms with Gasteiger partial charge in [0.1, 0.15) is 34.4 Å². The Balaban J connectivity index is 0.000000143. The number of phenolic OH excluding ortho intramolecular Hbond substituents is 1. The van der Waals surface area contributed by atoms with E-state index in [0.29, 0.717) is 34.4 Å². The average Bonchev–Trinajstić information content (AvgIpc) is 3.67. The van der Waals surface area contributed by atoms with Gasteiger partial charge in [-0.05, 0) is 145 Å². The third-order valence-corrected chi connectivity index (χ3v) is 15.5. The van der Waals surface area contributed by atoms with Crippen LogP contribution in [0, 0.1) is 0 Å². The molecular weight excluding hydrogens is 979 g/mol. The molecule has 2 unspecified atom stereocenters. The Morgan fingerprint density at radius 3 is 1.48 bits per heavy atom. The Labute approximate surface area is 439 Å². The van der Waals surface area contributed by atoms with E-state index in [1.807, 2.05) is 80.1 Å². The van der Waals surface area contributed by atoms with Gasteiger partial charge in [-0.25, -0.2) is 4.79 Å². The molecule has 0 aromatic heterocycles. The highest BCUT2D eigenvalue weighted by molar-refractivity contribution is 6.67. The number of nitrogens with zero attached hydrogens (tertiary/aromatic N) is 4. The second kappa shape index (κ2) is 18.9. The number of ether oxygens (including phenoxy) is 3. The maximum absolute atomic E-state index is 12.7. The molecule has 0 saturated carbocycles. The molecule has 0 radical (unpaired) electrons. The third-order valence-electron chi connectivity index (χ3n) is 14.7. The van der Waals surface area contributed by atoms with Crippen LogP contribution >= 0.6 is 34.8 Å². The maximum atomic E-state index is 12.7. The summed E-state index contributed by atoms with van der Waals surface area (Å²) in [4.78, 5) is 37.4. The van der Waals surface area contributed by atoms with Crippen molar-refractivity contribution in [1.29, 1.82) is 0 Å². The molecule has 1 N–H and O–H groups in total. The summed E-state index contributed by atoms with van der Waals surface area (Å²) in [6.45, 7) is 8.76. The van der Waals surface area contributed by atoms with Gasteiger partial charge in [-0.3, -0.25) is 14.8 Å². The molecule has 0 fully saturated rings. The van der Waals surface area contributed by atoms with Crippen molar-refractivity contribution in [2.24, 2.45) is 9.98 Å². The van der Waals surface area contributed by atoms with Crippen molar-refractivity contribution in [2.75, 3.05) is 23.9 Å². The molecule has 73 heavy (non-hydrogen) atoms. The topological polar surface area (TPSA) is 113 Å². The number of halogens is 3. The van der Waals surface area contributed by atoms with Crippen molar-refractivity contribution in [3.05, 3.63) is 191 Å². The highest BCUT2D eigenvalue weighted by Crippen LogP contribution is 2.56. The summed E-state index contributed by atoms with van der Waals surface area (Å²) >= 11 is 16.6. The number of anilines is 2. The van der Waals surface area contributed by atoms with Gasteiger partial charge in [0.05, 0.1) is 28.8 Å². The molecule has 8 aromatic carbocycles. The number of carbonyl (C=O) groups is 2. The summed E-state index contributed by atoms with van der Waals surface area (Å²) in [7, 11) is 4.10. The maximum Gasteiger partial charge on any atom is 0.343 e. The molecule has 10 nitrogen and oxygen atoms in total. The lowest BCUT2D eigenvalue weighted by Gasteiger charge is -2.45. The second-order valence-corrected chi connectivity index (χ2v) is 20.3. The van der Waals surface area contributed by atoms with Crippen LogP contribution in [0.4, 0.5) is 22.7 Å². The van der Waals surface area contributed by atoms with E-state index in [4.69, 9.17) is 59.0 Å². The monoisotopic (exact) mass is 1030 g/mol. The largest absolute Gasteiger partial charge is 0.508 e. The van der Waals surface area contributed by atoms with E-state index in [9.17, 15) is 14.7 Å². The van der Waals surface area contributed by atoms with Gasteiger partial charge in [0.25, 0.3) is 5.24 Å². The minimum absolute atomic E-state index is 0.229. The van der Waals surface area contributed by atoms with Crippen LogP contribution in [0.3, 0.4) is 0 Å². The van der Waals surface area contributed by atoms with E-state index in [1.54, 1.807) is 54.6 Å². The summed E-state index contributed by atoms with van der Waals surface area (Å²) in [5.41, 5.74) is 7.10. The second-order valence-electron chi connectivity index (χ2n) is 19.5. The van der Waals surface area contributed by atoms with Gasteiger partial charge in [-0.15, -0.1) is 23.2 Å². The van der Waals surface area contributed by atoms with Crippen LogP contribution in [0.25, 0.3) is 21.5 Å². The minimum atomic E-state index is -0.753. The summed E-state index contributed by atoms with van der Waals surface area (Å²) in [6, 6.07) is 49.6. The van der Waals surface area contributed by atoms with Gasteiger partial charge >= 0.3 is 5.97 Å². The van der Waals surface area contributed by atoms with E-state index in [0.717, 1.165) is 61.2 Å². The van der Waals surface area contributed by atoms with Gasteiger partial charge in [-0.1, -0.05) is 84.9 Å². The number of esters is 1. The molecule has 4 aliphatic heterocycles. The number of aliphatic imine (C=N–C) groups is 2. The fraction of sp³-hybridized carbons (Fsp3) is 0.200. The number of carbonyl (C=O) groups excluding carboxylic acids is 2. The molecule has 4 aliphatic rings. The van der Waals surface area contributed by atoms with Gasteiger partial charge in [-0.2, -0.15) is 0 Å². The molecule has 12 rings (SSSR count). The zero-order chi connectivity index (χ0) is 51.5. The van der Waals surface area contributed by atoms with E-state index < -0.39 is 22.7 Å². The van der Waals surface area contributed by atoms with Crippen molar-refractivity contribution in [1.82, 2.24) is 0 Å². The van der Waals surface area contributed by atoms with Crippen LogP contribution in [-0.2, 0) is 22.6 Å². The van der Waals surface area contributed by atoms with Crippen LogP contribution in [0.15, 0.2) is 168 Å². The molecule has 368 valence electrons. The summed E-state index contributed by atoms with van der Waals surface area (Å²) < 4.78 is 19.1. The fourth-order valence-corrected chi connectivity index (χ4v) is 10.9. The fourth-order valence-electron chi connectivity index (χ4n) is 10.4. The number of phenols is 1. The Bertz CT molecular complexity index is 3540. The number of aromatic hydroxyl groups is 1. The smallest absolute Gasteiger partial charge is 0.343 e. The normalized spacial score (nSPS) is 18.9. The van der Waals surface area contributed by atoms with Crippen LogP contribution in [0.2, 0.25) is 0 Å². The number of para-hydroxylation sites is 2. The van der Waals surface area contributed by atoms with Crippen molar-refractivity contribution in [3.8, 4) is 23.0 Å². The van der Waals surface area contributed by atoms with Crippen LogP contribution < -0.4 is 24.0 Å². The van der Waals surface area contributed by atoms with Gasteiger partial charge in [0.2, 0.25) is 11.4 Å². The number of rotatable bonds is 5. The first-order chi connectivity index (χ1) is 35.0. The number of benzene rings is 8. The molecule has 2 atom stereocenters. The van der Waals surface area contributed by atoms with Crippen molar-refractivity contribution >= 4 is 103 Å². The van der Waals surface area contributed by atoms with Crippen LogP contribution in [0.1, 0.15) is 70.7 Å². The number of hydrogen-bond donors (Lipinski definition) is 1. The third kappa shape index (κ3) is 8.31. The van der Waals surface area contributed by atoms with E-state index in [2.05, 4.69) is 87.0 Å². The van der Waals surface area contributed by atoms with E-state index in [-0.39, 0.29) is 16.6 Å². The molecule has 8 aromatic rings. The van der Waals surface area contributed by atoms with Crippen molar-refractivity contribution < 1.29 is 28.9 Å². The molecule has 0 bridgehead atoms. The SMILES string of the molecule is CN1c2ccccc2C(C)(C)C12C=Nc1c(ccc3ccc(O)cc13)O2.CN1c2ccccc2C(C)(C)C12C=Nc1c(ccc3ccc(OC(=O)c4ccc(CCl)cc4)cc13)O2.O=C(Cl)c1ccc(CCl)cc1. The van der Waals surface area contributed by atoms with Crippen molar-refractivity contribution in [3.63, 3.8) is 0 Å². The van der Waals surface area contributed by atoms with Gasteiger partial charge < -0.3 is 29.1 Å². The predicted molar refractivity (Wildman–Crippen MR) is 295 cm³/mol. The first-order valence-electron chi connectivity index (χ1n) is 23.7. The zero-order valence-corrected chi connectivity index (χ0v) is 43.3. The number of fused-ring (bicyclic) bond motifs is 8. The molecule has 2 spiro atoms. The molecule has 0 aliphatic carbocycles. The Hall–Kier alpha value is -7.37. The van der Waals surface area contributed by atoms with Gasteiger partial charge in [0.15, 0.2) is 0 Å². The lowest BCUT2D eigenvalue weighted by molar-refractivity contribution is 0.0734. The highest BCUT2D eigenvalue weighted by atomic mass is 35.5. The standard InChI is InChI=1S/C30H25ClN2O3.C22H20N2O2.C8H6Cl2O/c1-29(2)24-6-4-5-7-25(24)33(3)30(29)18-32-27-23-16-22(14-12-20(23)13-15-26(27)36-30)35-28(34)21-10-8-19(17-31)9-11-21;1-21(2)17-6-4-5-7-18(17)24(3)22(21)13-23-20-16-12-15(25)10-8-14(16)9-11-19(20)26-22;9-5-6-1-3-7(4-2-6)8(10)11/h4-16,18H,17H2,1-3H3;4-13,25H,1-3H3;1-4H,5H2.